The SMILES string of the molecule is CCOC(=O)C(NC(=O)CCn1ccnc1)C(=O)OCC. The summed E-state index contributed by atoms with van der Waals surface area (Å²) in [6.45, 7) is 3.84. The molecule has 1 N–H and O–H groups in total. The Labute approximate surface area is 122 Å². The van der Waals surface area contributed by atoms with Gasteiger partial charge in [0, 0.05) is 25.4 Å². The Hall–Kier alpha value is -2.38. The van der Waals surface area contributed by atoms with Gasteiger partial charge in [-0.15, -0.1) is 0 Å². The molecule has 1 heterocycles. The Morgan fingerprint density at radius 1 is 1.19 bits per heavy atom. The molecule has 0 radical (unpaired) electrons. The molecule has 1 rings (SSSR count). The summed E-state index contributed by atoms with van der Waals surface area (Å²) in [6.07, 6.45) is 4.98. The highest BCUT2D eigenvalue weighted by Gasteiger charge is 2.30. The van der Waals surface area contributed by atoms with Gasteiger partial charge in [-0.1, -0.05) is 0 Å². The average Bonchev–Trinajstić information content (AvgIpc) is 2.96. The molecule has 0 aliphatic carbocycles. The van der Waals surface area contributed by atoms with Crippen LogP contribution in [-0.4, -0.2) is 46.7 Å². The van der Waals surface area contributed by atoms with Crippen LogP contribution in [0.3, 0.4) is 0 Å². The number of aromatic nitrogens is 2. The van der Waals surface area contributed by atoms with E-state index in [-0.39, 0.29) is 19.6 Å². The van der Waals surface area contributed by atoms with E-state index < -0.39 is 23.9 Å². The molecule has 0 saturated carbocycles. The zero-order valence-electron chi connectivity index (χ0n) is 12.1. The van der Waals surface area contributed by atoms with Gasteiger partial charge >= 0.3 is 11.9 Å². The maximum Gasteiger partial charge on any atom is 0.340 e. The molecule has 0 saturated heterocycles. The summed E-state index contributed by atoms with van der Waals surface area (Å²) in [5, 5.41) is 2.33. The molecular formula is C13H19N3O5. The fourth-order valence-electron chi connectivity index (χ4n) is 1.55. The van der Waals surface area contributed by atoms with Crippen molar-refractivity contribution in [3.05, 3.63) is 18.7 Å². The second kappa shape index (κ2) is 8.72. The number of nitrogens with one attached hydrogen (secondary N) is 1. The molecule has 116 valence electrons. The van der Waals surface area contributed by atoms with Gasteiger partial charge in [-0.3, -0.25) is 4.79 Å². The van der Waals surface area contributed by atoms with Gasteiger partial charge in [0.1, 0.15) is 0 Å². The molecular weight excluding hydrogens is 278 g/mol. The maximum atomic E-state index is 11.8. The van der Waals surface area contributed by atoms with E-state index in [1.54, 1.807) is 37.1 Å². The van der Waals surface area contributed by atoms with Crippen LogP contribution in [0.5, 0.6) is 0 Å². The molecule has 0 fully saturated rings. The van der Waals surface area contributed by atoms with E-state index in [9.17, 15) is 14.4 Å². The lowest BCUT2D eigenvalue weighted by Gasteiger charge is -2.15. The van der Waals surface area contributed by atoms with Crippen molar-refractivity contribution >= 4 is 17.8 Å². The van der Waals surface area contributed by atoms with Crippen molar-refractivity contribution in [2.45, 2.75) is 32.9 Å². The number of amides is 1. The lowest BCUT2D eigenvalue weighted by Crippen LogP contribution is -2.48. The molecule has 0 atom stereocenters. The summed E-state index contributed by atoms with van der Waals surface area (Å²) in [5.74, 6) is -2.10. The van der Waals surface area contributed by atoms with Crippen LogP contribution in [0.1, 0.15) is 20.3 Å². The molecule has 0 unspecified atom stereocenters. The van der Waals surface area contributed by atoms with Gasteiger partial charge in [-0.05, 0) is 13.8 Å². The third kappa shape index (κ3) is 5.64. The first kappa shape index (κ1) is 16.7. The second-order valence-electron chi connectivity index (χ2n) is 4.06. The number of carbonyl (C=O) groups excluding carboxylic acids is 3. The number of carbonyl (C=O) groups is 3. The molecule has 8 heteroatoms. The zero-order valence-corrected chi connectivity index (χ0v) is 12.1. The predicted molar refractivity (Wildman–Crippen MR) is 72.0 cm³/mol. The van der Waals surface area contributed by atoms with Crippen molar-refractivity contribution in [3.63, 3.8) is 0 Å². The maximum absolute atomic E-state index is 11.8. The lowest BCUT2D eigenvalue weighted by atomic mass is 10.2. The fraction of sp³-hybridized carbons (Fsp3) is 0.538. The smallest absolute Gasteiger partial charge is 0.340 e. The second-order valence-corrected chi connectivity index (χ2v) is 4.06. The van der Waals surface area contributed by atoms with E-state index >= 15 is 0 Å². The minimum atomic E-state index is -1.43. The van der Waals surface area contributed by atoms with Crippen LogP contribution in [0.25, 0.3) is 0 Å². The van der Waals surface area contributed by atoms with Crippen LogP contribution in [0, 0.1) is 0 Å². The van der Waals surface area contributed by atoms with Gasteiger partial charge in [0.25, 0.3) is 0 Å². The Morgan fingerprint density at radius 3 is 2.29 bits per heavy atom. The number of hydrogen-bond acceptors (Lipinski definition) is 6. The Balaban J connectivity index is 2.55. The highest BCUT2D eigenvalue weighted by molar-refractivity contribution is 6.02. The van der Waals surface area contributed by atoms with Gasteiger partial charge in [0.15, 0.2) is 0 Å². The first-order valence-corrected chi connectivity index (χ1v) is 6.66. The monoisotopic (exact) mass is 297 g/mol. The van der Waals surface area contributed by atoms with E-state index in [0.29, 0.717) is 6.54 Å². The van der Waals surface area contributed by atoms with Gasteiger partial charge in [0.2, 0.25) is 11.9 Å². The molecule has 0 bridgehead atoms. The summed E-state index contributed by atoms with van der Waals surface area (Å²) in [5.41, 5.74) is 0. The summed E-state index contributed by atoms with van der Waals surface area (Å²) < 4.78 is 11.2. The normalized spacial score (nSPS) is 10.2. The van der Waals surface area contributed by atoms with Gasteiger partial charge in [-0.2, -0.15) is 0 Å². The van der Waals surface area contributed by atoms with Crippen molar-refractivity contribution in [1.82, 2.24) is 14.9 Å². The van der Waals surface area contributed by atoms with E-state index in [1.165, 1.54) is 0 Å². The van der Waals surface area contributed by atoms with E-state index in [0.717, 1.165) is 0 Å². The standard InChI is InChI=1S/C13H19N3O5/c1-3-20-12(18)11(13(19)21-4-2)15-10(17)5-7-16-8-6-14-9-16/h6,8-9,11H,3-5,7H2,1-2H3,(H,15,17). The van der Waals surface area contributed by atoms with E-state index in [4.69, 9.17) is 9.47 Å². The molecule has 21 heavy (non-hydrogen) atoms. The quantitative estimate of drug-likeness (QED) is 0.530. The number of nitrogens with zero attached hydrogens (tertiary/aromatic N) is 2. The number of esters is 2. The minimum absolute atomic E-state index is 0.103. The summed E-state index contributed by atoms with van der Waals surface area (Å²) in [6, 6.07) is -1.43. The Kier molecular flexibility index (Phi) is 6.93. The van der Waals surface area contributed by atoms with Crippen LogP contribution in [0.2, 0.25) is 0 Å². The number of rotatable bonds is 8. The van der Waals surface area contributed by atoms with Crippen LogP contribution < -0.4 is 5.32 Å². The topological polar surface area (TPSA) is 99.5 Å². The van der Waals surface area contributed by atoms with Crippen molar-refractivity contribution in [2.75, 3.05) is 13.2 Å². The van der Waals surface area contributed by atoms with Crippen molar-refractivity contribution in [3.8, 4) is 0 Å². The molecule has 0 aliphatic rings. The molecule has 0 aromatic carbocycles. The van der Waals surface area contributed by atoms with Crippen molar-refractivity contribution in [2.24, 2.45) is 0 Å². The number of imidazole rings is 1. The molecule has 1 aromatic rings. The van der Waals surface area contributed by atoms with Crippen LogP contribution in [0.15, 0.2) is 18.7 Å². The third-order valence-corrected chi connectivity index (χ3v) is 2.51. The minimum Gasteiger partial charge on any atom is -0.464 e. The van der Waals surface area contributed by atoms with E-state index in [1.807, 2.05) is 0 Å². The summed E-state index contributed by atoms with van der Waals surface area (Å²) >= 11 is 0. The van der Waals surface area contributed by atoms with Crippen LogP contribution in [0.4, 0.5) is 0 Å². The van der Waals surface area contributed by atoms with E-state index in [2.05, 4.69) is 10.3 Å². The zero-order chi connectivity index (χ0) is 15.7. The largest absolute Gasteiger partial charge is 0.464 e. The third-order valence-electron chi connectivity index (χ3n) is 2.51. The first-order chi connectivity index (χ1) is 10.1. The molecule has 1 amide bonds. The summed E-state index contributed by atoms with van der Waals surface area (Å²) in [7, 11) is 0. The highest BCUT2D eigenvalue weighted by Crippen LogP contribution is 1.97. The molecule has 0 aliphatic heterocycles. The van der Waals surface area contributed by atoms with Crippen molar-refractivity contribution in [1.29, 1.82) is 0 Å². The van der Waals surface area contributed by atoms with Gasteiger partial charge < -0.3 is 19.4 Å². The highest BCUT2D eigenvalue weighted by atomic mass is 16.6. The first-order valence-electron chi connectivity index (χ1n) is 6.66. The van der Waals surface area contributed by atoms with Gasteiger partial charge in [0.05, 0.1) is 19.5 Å². The average molecular weight is 297 g/mol. The lowest BCUT2D eigenvalue weighted by molar-refractivity contribution is -0.159. The Bertz CT molecular complexity index is 454. The fourth-order valence-corrected chi connectivity index (χ4v) is 1.55. The summed E-state index contributed by atoms with van der Waals surface area (Å²) in [4.78, 5) is 39.0. The predicted octanol–water partition coefficient (Wildman–Crippen LogP) is -0.116. The van der Waals surface area contributed by atoms with Crippen LogP contribution >= 0.6 is 0 Å². The molecule has 1 aromatic heterocycles. The molecule has 0 spiro atoms. The van der Waals surface area contributed by atoms with Crippen molar-refractivity contribution < 1.29 is 23.9 Å². The number of aryl methyl sites for hydroxylation is 1. The molecule has 8 nitrogen and oxygen atoms in total. The van der Waals surface area contributed by atoms with Gasteiger partial charge in [-0.25, -0.2) is 14.6 Å². The Morgan fingerprint density at radius 2 is 1.81 bits per heavy atom. The number of ether oxygens (including phenoxy) is 2. The van der Waals surface area contributed by atoms with Crippen LogP contribution in [-0.2, 0) is 30.4 Å². The number of hydrogen-bond donors (Lipinski definition) is 1.